The summed E-state index contributed by atoms with van der Waals surface area (Å²) >= 11 is 1.39. The number of carbonyl (C=O) groups is 1. The highest BCUT2D eigenvalue weighted by Gasteiger charge is 2.26. The van der Waals surface area contributed by atoms with Crippen molar-refractivity contribution in [2.45, 2.75) is 31.6 Å². The molecule has 0 bridgehead atoms. The fraction of sp³-hybridized carbons (Fsp3) is 0.500. The van der Waals surface area contributed by atoms with Crippen LogP contribution in [0.2, 0.25) is 0 Å². The maximum Gasteiger partial charge on any atom is 0.235 e. The Labute approximate surface area is 220 Å². The number of hydrogen-bond donors (Lipinski definition) is 3. The van der Waals surface area contributed by atoms with E-state index in [-0.39, 0.29) is 0 Å². The second-order valence-electron chi connectivity index (χ2n) is 8.95. The second kappa shape index (κ2) is 13.0. The fourth-order valence-electron chi connectivity index (χ4n) is 4.08. The van der Waals surface area contributed by atoms with Gasteiger partial charge in [0.25, 0.3) is 0 Å². The molecule has 0 atom stereocenters. The van der Waals surface area contributed by atoms with E-state index in [0.717, 1.165) is 57.0 Å². The van der Waals surface area contributed by atoms with E-state index in [1.54, 1.807) is 11.6 Å². The van der Waals surface area contributed by atoms with Gasteiger partial charge in [-0.2, -0.15) is 20.1 Å². The van der Waals surface area contributed by atoms with E-state index in [9.17, 15) is 4.79 Å². The summed E-state index contributed by atoms with van der Waals surface area (Å²) < 4.78 is 0. The maximum absolute atomic E-state index is 9.73. The lowest BCUT2D eigenvalue weighted by Crippen LogP contribution is -2.45. The summed E-state index contributed by atoms with van der Waals surface area (Å²) in [6.45, 7) is 5.95. The van der Waals surface area contributed by atoms with Crippen LogP contribution in [-0.4, -0.2) is 87.8 Å². The van der Waals surface area contributed by atoms with Crippen molar-refractivity contribution in [1.82, 2.24) is 35.0 Å². The predicted molar refractivity (Wildman–Crippen MR) is 147 cm³/mol. The summed E-state index contributed by atoms with van der Waals surface area (Å²) in [5.41, 5.74) is 1.20. The van der Waals surface area contributed by atoms with E-state index in [4.69, 9.17) is 15.0 Å². The minimum Gasteiger partial charge on any atom is -0.341 e. The number of hydrogen-bond acceptors (Lipinski definition) is 11. The van der Waals surface area contributed by atoms with Gasteiger partial charge in [0.15, 0.2) is 10.9 Å². The number of carbonyl (C=O) groups excluding carboxylic acids is 1. The van der Waals surface area contributed by atoms with Crippen LogP contribution in [0.15, 0.2) is 17.6 Å². The van der Waals surface area contributed by atoms with Crippen LogP contribution in [0.4, 0.5) is 28.8 Å². The van der Waals surface area contributed by atoms with Crippen molar-refractivity contribution in [1.29, 1.82) is 0 Å². The lowest BCUT2D eigenvalue weighted by Gasteiger charge is -2.32. The molecule has 3 fully saturated rings. The monoisotopic (exact) mass is 523 g/mol. The second-order valence-corrected chi connectivity index (χ2v) is 9.85. The Balaban J connectivity index is 0.000000272. The zero-order valence-corrected chi connectivity index (χ0v) is 21.8. The smallest absolute Gasteiger partial charge is 0.235 e. The van der Waals surface area contributed by atoms with Crippen LogP contribution < -0.4 is 20.4 Å². The molecule has 5 heterocycles. The summed E-state index contributed by atoms with van der Waals surface area (Å²) in [7, 11) is 2.16. The Morgan fingerprint density at radius 2 is 1.70 bits per heavy atom. The van der Waals surface area contributed by atoms with Gasteiger partial charge >= 0.3 is 0 Å². The van der Waals surface area contributed by atoms with Gasteiger partial charge in [0, 0.05) is 68.5 Å². The number of aromatic amines is 1. The molecule has 2 saturated heterocycles. The van der Waals surface area contributed by atoms with Gasteiger partial charge in [-0.3, -0.25) is 9.89 Å². The number of rotatable bonds is 7. The van der Waals surface area contributed by atoms with E-state index in [2.05, 4.69) is 66.5 Å². The highest BCUT2D eigenvalue weighted by atomic mass is 32.1. The standard InChI is InChI=1S/C18H27N9.C4H4N2OS.C2H2/c1-25-8-10-27(11-9-25)18-21-16(20-17(22-18)26-6-2-3-7-26)19-15-12-14(23-24-15)13-4-5-13;7-3-6-4-5-1-2-8-4;1-2/h12-13H,2-11H2,1H3,(H2,19,20,21,22,23,24);1-3H,(H,5,6,7);1-2H. The molecular formula is C24H33N11OS. The zero-order chi connectivity index (χ0) is 26.0. The van der Waals surface area contributed by atoms with Crippen LogP contribution in [0.5, 0.6) is 0 Å². The van der Waals surface area contributed by atoms with Crippen LogP contribution in [0.3, 0.4) is 0 Å². The summed E-state index contributed by atoms with van der Waals surface area (Å²) in [6.07, 6.45) is 15.1. The first-order chi connectivity index (χ1) is 18.2. The van der Waals surface area contributed by atoms with E-state index in [0.29, 0.717) is 23.4 Å². The third-order valence-electron chi connectivity index (χ3n) is 6.26. The van der Waals surface area contributed by atoms with E-state index in [1.807, 2.05) is 0 Å². The number of H-pyrrole nitrogens is 1. The van der Waals surface area contributed by atoms with E-state index in [1.165, 1.54) is 42.7 Å². The normalized spacial score (nSPS) is 17.3. The van der Waals surface area contributed by atoms with Crippen molar-refractivity contribution >= 4 is 46.5 Å². The van der Waals surface area contributed by atoms with Crippen molar-refractivity contribution in [3.63, 3.8) is 0 Å². The molecule has 0 aromatic carbocycles. The number of thiazole rings is 1. The molecule has 0 spiro atoms. The Bertz CT molecular complexity index is 1130. The lowest BCUT2D eigenvalue weighted by atomic mass is 10.3. The lowest BCUT2D eigenvalue weighted by molar-refractivity contribution is -0.105. The van der Waals surface area contributed by atoms with Gasteiger partial charge in [-0.1, -0.05) is 0 Å². The average Bonchev–Trinajstić information content (AvgIpc) is 3.31. The fourth-order valence-corrected chi connectivity index (χ4v) is 4.57. The maximum atomic E-state index is 9.73. The van der Waals surface area contributed by atoms with Crippen LogP contribution in [0, 0.1) is 12.8 Å². The van der Waals surface area contributed by atoms with Crippen LogP contribution in [0.25, 0.3) is 0 Å². The van der Waals surface area contributed by atoms with Gasteiger partial charge in [-0.25, -0.2) is 4.98 Å². The SMILES string of the molecule is C#C.CN1CCN(c2nc(Nc3cc(C4CC4)[nH]n3)nc(N3CCCC3)n2)CC1.O=CNc1nccs1. The number of nitrogens with zero attached hydrogens (tertiary/aromatic N) is 8. The summed E-state index contributed by atoms with van der Waals surface area (Å²) in [6, 6.07) is 2.08. The van der Waals surface area contributed by atoms with Gasteiger partial charge in [0.1, 0.15) is 0 Å². The summed E-state index contributed by atoms with van der Waals surface area (Å²) in [5.74, 6) is 3.54. The highest BCUT2D eigenvalue weighted by Crippen LogP contribution is 2.39. The number of aromatic nitrogens is 6. The molecule has 196 valence electrons. The highest BCUT2D eigenvalue weighted by molar-refractivity contribution is 7.13. The molecule has 1 amide bonds. The largest absolute Gasteiger partial charge is 0.341 e. The molecule has 0 radical (unpaired) electrons. The minimum absolute atomic E-state index is 0.578. The quantitative estimate of drug-likeness (QED) is 0.314. The number of amides is 1. The molecular weight excluding hydrogens is 490 g/mol. The van der Waals surface area contributed by atoms with Gasteiger partial charge in [-0.05, 0) is 32.7 Å². The van der Waals surface area contributed by atoms with Crippen molar-refractivity contribution in [3.05, 3.63) is 23.3 Å². The number of nitrogens with one attached hydrogen (secondary N) is 3. The summed E-state index contributed by atoms with van der Waals surface area (Å²) in [4.78, 5) is 34.6. The Morgan fingerprint density at radius 1 is 1.03 bits per heavy atom. The topological polar surface area (TPSA) is 131 Å². The number of piperazine rings is 1. The molecule has 2 aliphatic heterocycles. The van der Waals surface area contributed by atoms with Crippen molar-refractivity contribution < 1.29 is 4.79 Å². The molecule has 13 heteroatoms. The number of terminal acetylenes is 1. The molecule has 37 heavy (non-hydrogen) atoms. The van der Waals surface area contributed by atoms with E-state index >= 15 is 0 Å². The molecule has 1 aliphatic carbocycles. The van der Waals surface area contributed by atoms with E-state index < -0.39 is 0 Å². The first kappa shape index (κ1) is 26.3. The van der Waals surface area contributed by atoms with Crippen LogP contribution in [-0.2, 0) is 4.79 Å². The third kappa shape index (κ3) is 7.37. The molecule has 3 aromatic rings. The molecule has 1 saturated carbocycles. The first-order valence-electron chi connectivity index (χ1n) is 12.4. The van der Waals surface area contributed by atoms with Gasteiger partial charge in [-0.15, -0.1) is 24.2 Å². The van der Waals surface area contributed by atoms with Gasteiger partial charge < -0.3 is 25.3 Å². The first-order valence-corrected chi connectivity index (χ1v) is 13.3. The molecule has 3 aromatic heterocycles. The predicted octanol–water partition coefficient (Wildman–Crippen LogP) is 2.53. The molecule has 6 rings (SSSR count). The van der Waals surface area contributed by atoms with Crippen LogP contribution >= 0.6 is 11.3 Å². The van der Waals surface area contributed by atoms with Crippen molar-refractivity contribution in [2.24, 2.45) is 0 Å². The Kier molecular flexibility index (Phi) is 9.23. The zero-order valence-electron chi connectivity index (χ0n) is 21.0. The summed E-state index contributed by atoms with van der Waals surface area (Å²) in [5, 5.41) is 15.7. The number of anilines is 5. The van der Waals surface area contributed by atoms with Crippen molar-refractivity contribution in [2.75, 3.05) is 66.7 Å². The molecule has 3 N–H and O–H groups in total. The van der Waals surface area contributed by atoms with Gasteiger partial charge in [0.2, 0.25) is 24.3 Å². The molecule has 0 unspecified atom stereocenters. The Hall–Kier alpha value is -3.76. The molecule has 12 nitrogen and oxygen atoms in total. The minimum atomic E-state index is 0.578. The molecule has 3 aliphatic rings. The Morgan fingerprint density at radius 3 is 2.30 bits per heavy atom. The third-order valence-corrected chi connectivity index (χ3v) is 6.96. The van der Waals surface area contributed by atoms with Gasteiger partial charge in [0.05, 0.1) is 0 Å². The van der Waals surface area contributed by atoms with Crippen LogP contribution in [0.1, 0.15) is 37.3 Å². The average molecular weight is 524 g/mol. The number of likely N-dealkylation sites (N-methyl/N-ethyl adjacent to an activating group) is 1. The van der Waals surface area contributed by atoms with Crippen molar-refractivity contribution in [3.8, 4) is 12.8 Å².